The van der Waals surface area contributed by atoms with E-state index in [0.717, 1.165) is 21.2 Å². The van der Waals surface area contributed by atoms with E-state index in [1.54, 1.807) is 6.07 Å². The van der Waals surface area contributed by atoms with Gasteiger partial charge in [-0.3, -0.25) is 0 Å². The lowest BCUT2D eigenvalue weighted by atomic mass is 9.95. The molecule has 1 atom stereocenters. The molecule has 0 fully saturated rings. The number of hydrogen-bond donors (Lipinski definition) is 1. The Kier molecular flexibility index (Phi) is 5.42. The summed E-state index contributed by atoms with van der Waals surface area (Å²) in [7, 11) is 0. The Labute approximate surface area is 138 Å². The SMILES string of the molecule is CCNC(c1cc(C)c(C)cc1Cl)c1c(F)cccc1Br. The summed E-state index contributed by atoms with van der Waals surface area (Å²) in [6.07, 6.45) is 0. The van der Waals surface area contributed by atoms with Gasteiger partial charge in [0.2, 0.25) is 0 Å². The van der Waals surface area contributed by atoms with Crippen molar-refractivity contribution in [3.8, 4) is 0 Å². The molecule has 0 aliphatic rings. The molecule has 0 bridgehead atoms. The maximum absolute atomic E-state index is 14.3. The average Bonchev–Trinajstić information content (AvgIpc) is 2.42. The van der Waals surface area contributed by atoms with Crippen molar-refractivity contribution in [2.75, 3.05) is 6.54 Å². The highest BCUT2D eigenvalue weighted by Crippen LogP contribution is 2.35. The monoisotopic (exact) mass is 369 g/mol. The zero-order chi connectivity index (χ0) is 15.6. The van der Waals surface area contributed by atoms with Crippen molar-refractivity contribution in [2.45, 2.75) is 26.8 Å². The fourth-order valence-corrected chi connectivity index (χ4v) is 3.28. The van der Waals surface area contributed by atoms with E-state index in [9.17, 15) is 4.39 Å². The number of rotatable bonds is 4. The first-order valence-electron chi connectivity index (χ1n) is 6.89. The van der Waals surface area contributed by atoms with Gasteiger partial charge in [0.05, 0.1) is 6.04 Å². The molecule has 2 rings (SSSR count). The molecule has 1 unspecified atom stereocenters. The largest absolute Gasteiger partial charge is 0.306 e. The third-order valence-electron chi connectivity index (χ3n) is 3.62. The molecule has 0 heterocycles. The lowest BCUT2D eigenvalue weighted by molar-refractivity contribution is 0.556. The molecule has 112 valence electrons. The molecule has 0 radical (unpaired) electrons. The number of benzene rings is 2. The summed E-state index contributed by atoms with van der Waals surface area (Å²) >= 11 is 9.86. The normalized spacial score (nSPS) is 12.5. The number of hydrogen-bond acceptors (Lipinski definition) is 1. The molecule has 0 saturated carbocycles. The summed E-state index contributed by atoms with van der Waals surface area (Å²) in [5.41, 5.74) is 3.76. The molecule has 0 aliphatic heterocycles. The van der Waals surface area contributed by atoms with Crippen LogP contribution >= 0.6 is 27.5 Å². The first-order valence-corrected chi connectivity index (χ1v) is 8.06. The van der Waals surface area contributed by atoms with Crippen molar-refractivity contribution >= 4 is 27.5 Å². The van der Waals surface area contributed by atoms with Crippen LogP contribution in [0.4, 0.5) is 4.39 Å². The van der Waals surface area contributed by atoms with Crippen molar-refractivity contribution in [3.05, 3.63) is 67.9 Å². The van der Waals surface area contributed by atoms with Crippen LogP contribution in [0.3, 0.4) is 0 Å². The fraction of sp³-hybridized carbons (Fsp3) is 0.294. The molecule has 0 aliphatic carbocycles. The standard InChI is InChI=1S/C17H18BrClFN/c1-4-21-17(16-13(18)6-5-7-15(16)20)12-8-10(2)11(3)9-14(12)19/h5-9,17,21H,4H2,1-3H3. The van der Waals surface area contributed by atoms with Gasteiger partial charge in [-0.15, -0.1) is 0 Å². The molecule has 0 amide bonds. The first kappa shape index (κ1) is 16.5. The van der Waals surface area contributed by atoms with Gasteiger partial charge < -0.3 is 5.32 Å². The van der Waals surface area contributed by atoms with Crippen LogP contribution in [0.1, 0.15) is 35.2 Å². The number of nitrogens with one attached hydrogen (secondary N) is 1. The van der Waals surface area contributed by atoms with Crippen LogP contribution < -0.4 is 5.32 Å². The van der Waals surface area contributed by atoms with Gasteiger partial charge in [-0.25, -0.2) is 4.39 Å². The van der Waals surface area contributed by atoms with E-state index in [1.807, 2.05) is 39.0 Å². The highest BCUT2D eigenvalue weighted by molar-refractivity contribution is 9.10. The van der Waals surface area contributed by atoms with E-state index in [2.05, 4.69) is 21.2 Å². The smallest absolute Gasteiger partial charge is 0.129 e. The van der Waals surface area contributed by atoms with Crippen LogP contribution in [0.25, 0.3) is 0 Å². The summed E-state index contributed by atoms with van der Waals surface area (Å²) in [5.74, 6) is -0.246. The van der Waals surface area contributed by atoms with Gasteiger partial charge in [0.15, 0.2) is 0 Å². The van der Waals surface area contributed by atoms with Crippen molar-refractivity contribution in [1.29, 1.82) is 0 Å². The van der Waals surface area contributed by atoms with Crippen LogP contribution in [-0.2, 0) is 0 Å². The minimum Gasteiger partial charge on any atom is -0.306 e. The molecule has 2 aromatic rings. The Bertz CT molecular complexity index is 637. The highest BCUT2D eigenvalue weighted by atomic mass is 79.9. The summed E-state index contributed by atoms with van der Waals surface area (Å²) in [6, 6.07) is 8.69. The van der Waals surface area contributed by atoms with E-state index in [1.165, 1.54) is 6.07 Å². The van der Waals surface area contributed by atoms with E-state index in [-0.39, 0.29) is 11.9 Å². The van der Waals surface area contributed by atoms with Crippen LogP contribution in [0.2, 0.25) is 5.02 Å². The zero-order valence-corrected chi connectivity index (χ0v) is 14.6. The molecule has 0 spiro atoms. The molecular weight excluding hydrogens is 353 g/mol. The van der Waals surface area contributed by atoms with Crippen molar-refractivity contribution in [1.82, 2.24) is 5.32 Å². The topological polar surface area (TPSA) is 12.0 Å². The Morgan fingerprint density at radius 2 is 1.90 bits per heavy atom. The Hall–Kier alpha value is -0.900. The Balaban J connectivity index is 2.62. The molecule has 0 saturated heterocycles. The summed E-state index contributed by atoms with van der Waals surface area (Å²) in [6.45, 7) is 6.77. The van der Waals surface area contributed by atoms with Gasteiger partial charge in [-0.1, -0.05) is 46.6 Å². The van der Waals surface area contributed by atoms with Crippen molar-refractivity contribution < 1.29 is 4.39 Å². The molecule has 1 nitrogen and oxygen atoms in total. The van der Waals surface area contributed by atoms with Gasteiger partial charge in [0.1, 0.15) is 5.82 Å². The van der Waals surface area contributed by atoms with Crippen molar-refractivity contribution in [3.63, 3.8) is 0 Å². The lowest BCUT2D eigenvalue weighted by Gasteiger charge is -2.23. The van der Waals surface area contributed by atoms with Crippen LogP contribution in [0.15, 0.2) is 34.8 Å². The quantitative estimate of drug-likeness (QED) is 0.743. The minimum atomic E-state index is -0.280. The second-order valence-electron chi connectivity index (χ2n) is 5.08. The number of aryl methyl sites for hydroxylation is 2. The Morgan fingerprint density at radius 1 is 1.24 bits per heavy atom. The van der Waals surface area contributed by atoms with E-state index in [0.29, 0.717) is 17.1 Å². The number of halogens is 3. The second kappa shape index (κ2) is 6.91. The summed E-state index contributed by atoms with van der Waals surface area (Å²) in [5, 5.41) is 3.98. The van der Waals surface area contributed by atoms with Crippen LogP contribution in [0, 0.1) is 19.7 Å². The van der Waals surface area contributed by atoms with Gasteiger partial charge >= 0.3 is 0 Å². The molecule has 2 aromatic carbocycles. The van der Waals surface area contributed by atoms with Crippen molar-refractivity contribution in [2.24, 2.45) is 0 Å². The van der Waals surface area contributed by atoms with E-state index in [4.69, 9.17) is 11.6 Å². The van der Waals surface area contributed by atoms with Crippen LogP contribution in [0.5, 0.6) is 0 Å². The summed E-state index contributed by atoms with van der Waals surface area (Å²) in [4.78, 5) is 0. The third kappa shape index (κ3) is 3.47. The van der Waals surface area contributed by atoms with E-state index < -0.39 is 0 Å². The van der Waals surface area contributed by atoms with Gasteiger partial charge in [-0.2, -0.15) is 0 Å². The Morgan fingerprint density at radius 3 is 2.52 bits per heavy atom. The first-order chi connectivity index (χ1) is 9.95. The maximum Gasteiger partial charge on any atom is 0.129 e. The van der Waals surface area contributed by atoms with Gasteiger partial charge in [0, 0.05) is 15.1 Å². The lowest BCUT2D eigenvalue weighted by Crippen LogP contribution is -2.24. The maximum atomic E-state index is 14.3. The molecule has 0 aromatic heterocycles. The van der Waals surface area contributed by atoms with E-state index >= 15 is 0 Å². The minimum absolute atomic E-state index is 0.246. The summed E-state index contributed by atoms with van der Waals surface area (Å²) < 4.78 is 15.0. The second-order valence-corrected chi connectivity index (χ2v) is 6.35. The zero-order valence-electron chi connectivity index (χ0n) is 12.3. The highest BCUT2D eigenvalue weighted by Gasteiger charge is 2.22. The predicted octanol–water partition coefficient (Wildman–Crippen LogP) is 5.56. The van der Waals surface area contributed by atoms with Gasteiger partial charge in [-0.05, 0) is 55.3 Å². The van der Waals surface area contributed by atoms with Gasteiger partial charge in [0.25, 0.3) is 0 Å². The fourth-order valence-electron chi connectivity index (χ4n) is 2.38. The molecule has 4 heteroatoms. The average molecular weight is 371 g/mol. The molecular formula is C17H18BrClFN. The molecule has 21 heavy (non-hydrogen) atoms. The predicted molar refractivity (Wildman–Crippen MR) is 90.5 cm³/mol. The molecule has 1 N–H and O–H groups in total. The van der Waals surface area contributed by atoms with Crippen LogP contribution in [-0.4, -0.2) is 6.54 Å². The third-order valence-corrected chi connectivity index (χ3v) is 4.64.